The number of hydrogen-bond acceptors (Lipinski definition) is 4. The van der Waals surface area contributed by atoms with Gasteiger partial charge in [-0.1, -0.05) is 49.1 Å². The minimum Gasteiger partial charge on any atom is -0.445 e. The summed E-state index contributed by atoms with van der Waals surface area (Å²) in [5.41, 5.74) is 3.61. The van der Waals surface area contributed by atoms with Crippen LogP contribution in [0.15, 0.2) is 73.8 Å². The molecule has 2 heterocycles. The predicted molar refractivity (Wildman–Crippen MR) is 121 cm³/mol. The highest BCUT2D eigenvalue weighted by Crippen LogP contribution is 2.51. The zero-order valence-electron chi connectivity index (χ0n) is 17.4. The van der Waals surface area contributed by atoms with Crippen molar-refractivity contribution in [2.75, 3.05) is 25.0 Å². The van der Waals surface area contributed by atoms with E-state index in [-0.39, 0.29) is 36.6 Å². The van der Waals surface area contributed by atoms with Crippen LogP contribution in [0.2, 0.25) is 0 Å². The number of anilines is 1. The normalized spacial score (nSPS) is 21.3. The molecule has 6 nitrogen and oxygen atoms in total. The minimum absolute atomic E-state index is 0.0661. The van der Waals surface area contributed by atoms with Crippen LogP contribution in [-0.2, 0) is 4.74 Å². The third kappa shape index (κ3) is 4.06. The molecule has 2 aliphatic rings. The lowest BCUT2D eigenvalue weighted by molar-refractivity contribution is 0.0957. The van der Waals surface area contributed by atoms with Crippen LogP contribution in [0.3, 0.4) is 0 Å². The Morgan fingerprint density at radius 2 is 1.97 bits per heavy atom. The molecule has 160 valence electrons. The van der Waals surface area contributed by atoms with Gasteiger partial charge in [0, 0.05) is 30.3 Å². The summed E-state index contributed by atoms with van der Waals surface area (Å²) >= 11 is 0. The quantitative estimate of drug-likeness (QED) is 0.681. The maximum atomic E-state index is 12.8. The highest BCUT2D eigenvalue weighted by Gasteiger charge is 2.47. The van der Waals surface area contributed by atoms with Crippen LogP contribution in [0.4, 0.5) is 10.5 Å². The summed E-state index contributed by atoms with van der Waals surface area (Å²) in [4.78, 5) is 27.1. The Balaban J connectivity index is 1.73. The van der Waals surface area contributed by atoms with Crippen molar-refractivity contribution in [3.05, 3.63) is 90.5 Å². The SMILES string of the molecule is C=CCNC(=O)c1ccc2c(c1)[C@@H]1[C@@H](CCN1C(=O)OCC=C)C(c1ccccc1)N2. The van der Waals surface area contributed by atoms with Gasteiger partial charge in [-0.25, -0.2) is 4.79 Å². The smallest absolute Gasteiger partial charge is 0.410 e. The minimum atomic E-state index is -0.353. The molecule has 3 atom stereocenters. The molecule has 0 radical (unpaired) electrons. The van der Waals surface area contributed by atoms with E-state index >= 15 is 0 Å². The number of carbonyl (C=O) groups is 2. The topological polar surface area (TPSA) is 70.7 Å². The first-order chi connectivity index (χ1) is 15.1. The van der Waals surface area contributed by atoms with Crippen LogP contribution in [0.1, 0.15) is 40.0 Å². The monoisotopic (exact) mass is 417 g/mol. The van der Waals surface area contributed by atoms with Gasteiger partial charge in [0.15, 0.2) is 0 Å². The van der Waals surface area contributed by atoms with E-state index in [4.69, 9.17) is 4.74 Å². The molecule has 0 saturated carbocycles. The Labute approximate surface area is 182 Å². The molecule has 0 bridgehead atoms. The second kappa shape index (κ2) is 9.08. The van der Waals surface area contributed by atoms with Gasteiger partial charge in [0.05, 0.1) is 12.1 Å². The largest absolute Gasteiger partial charge is 0.445 e. The van der Waals surface area contributed by atoms with Gasteiger partial charge in [0.2, 0.25) is 0 Å². The first kappa shape index (κ1) is 20.7. The van der Waals surface area contributed by atoms with Crippen LogP contribution >= 0.6 is 0 Å². The molecular weight excluding hydrogens is 390 g/mol. The highest BCUT2D eigenvalue weighted by atomic mass is 16.6. The first-order valence-electron chi connectivity index (χ1n) is 10.5. The third-order valence-electron chi connectivity index (χ3n) is 5.94. The van der Waals surface area contributed by atoms with Gasteiger partial charge in [-0.05, 0) is 35.7 Å². The maximum absolute atomic E-state index is 12.8. The zero-order valence-corrected chi connectivity index (χ0v) is 17.4. The molecule has 0 spiro atoms. The average molecular weight is 418 g/mol. The van der Waals surface area contributed by atoms with Gasteiger partial charge in [0.1, 0.15) is 6.61 Å². The summed E-state index contributed by atoms with van der Waals surface area (Å²) < 4.78 is 5.37. The molecule has 0 aromatic heterocycles. The van der Waals surface area contributed by atoms with E-state index in [1.807, 2.05) is 36.4 Å². The summed E-state index contributed by atoms with van der Waals surface area (Å²) in [6, 6.07) is 15.8. The van der Waals surface area contributed by atoms with Crippen molar-refractivity contribution < 1.29 is 14.3 Å². The molecule has 2 aromatic carbocycles. The maximum Gasteiger partial charge on any atom is 0.410 e. The van der Waals surface area contributed by atoms with Crippen molar-refractivity contribution in [3.8, 4) is 0 Å². The Morgan fingerprint density at radius 1 is 1.16 bits per heavy atom. The number of likely N-dealkylation sites (tertiary alicyclic amines) is 1. The summed E-state index contributed by atoms with van der Waals surface area (Å²) in [7, 11) is 0. The molecule has 2 aliphatic heterocycles. The van der Waals surface area contributed by atoms with E-state index in [1.54, 1.807) is 17.1 Å². The van der Waals surface area contributed by atoms with E-state index < -0.39 is 0 Å². The molecule has 2 aromatic rings. The van der Waals surface area contributed by atoms with Gasteiger partial charge in [-0.15, -0.1) is 6.58 Å². The lowest BCUT2D eigenvalue weighted by Gasteiger charge is -2.39. The van der Waals surface area contributed by atoms with Crippen LogP contribution in [0, 0.1) is 5.92 Å². The van der Waals surface area contributed by atoms with E-state index in [1.165, 1.54) is 5.56 Å². The molecular formula is C25H27N3O3. The first-order valence-corrected chi connectivity index (χ1v) is 10.5. The lowest BCUT2D eigenvalue weighted by atomic mass is 9.79. The molecule has 0 aliphatic carbocycles. The van der Waals surface area contributed by atoms with E-state index in [9.17, 15) is 9.59 Å². The van der Waals surface area contributed by atoms with Crippen molar-refractivity contribution in [1.82, 2.24) is 10.2 Å². The summed E-state index contributed by atoms with van der Waals surface area (Å²) in [6.45, 7) is 8.44. The van der Waals surface area contributed by atoms with Crippen molar-refractivity contribution >= 4 is 17.7 Å². The number of rotatable bonds is 6. The second-order valence-electron chi connectivity index (χ2n) is 7.79. The fourth-order valence-corrected chi connectivity index (χ4v) is 4.59. The number of nitrogens with zero attached hydrogens (tertiary/aromatic N) is 1. The van der Waals surface area contributed by atoms with Crippen LogP contribution < -0.4 is 10.6 Å². The molecule has 31 heavy (non-hydrogen) atoms. The van der Waals surface area contributed by atoms with Crippen LogP contribution in [0.5, 0.6) is 0 Å². The molecule has 1 saturated heterocycles. The van der Waals surface area contributed by atoms with Crippen LogP contribution in [0.25, 0.3) is 0 Å². The van der Waals surface area contributed by atoms with Gasteiger partial charge in [-0.2, -0.15) is 0 Å². The molecule has 4 rings (SSSR count). The Bertz CT molecular complexity index is 989. The number of amides is 2. The number of fused-ring (bicyclic) bond motifs is 3. The number of carbonyl (C=O) groups excluding carboxylic acids is 2. The summed E-state index contributed by atoms with van der Waals surface area (Å²) in [6.07, 6.45) is 3.70. The highest BCUT2D eigenvalue weighted by molar-refractivity contribution is 5.95. The fraction of sp³-hybridized carbons (Fsp3) is 0.280. The number of benzene rings is 2. The second-order valence-corrected chi connectivity index (χ2v) is 7.79. The van der Waals surface area contributed by atoms with Gasteiger partial charge >= 0.3 is 6.09 Å². The fourth-order valence-electron chi connectivity index (χ4n) is 4.59. The number of hydrogen-bond donors (Lipinski definition) is 2. The van der Waals surface area contributed by atoms with Gasteiger partial charge in [0.25, 0.3) is 5.91 Å². The lowest BCUT2D eigenvalue weighted by Crippen LogP contribution is -2.38. The predicted octanol–water partition coefficient (Wildman–Crippen LogP) is 4.45. The Morgan fingerprint density at radius 3 is 2.71 bits per heavy atom. The van der Waals surface area contributed by atoms with E-state index in [0.717, 1.165) is 17.7 Å². The molecule has 2 amide bonds. The summed E-state index contributed by atoms with van der Waals surface area (Å²) in [5.74, 6) is 0.000816. The molecule has 1 unspecified atom stereocenters. The third-order valence-corrected chi connectivity index (χ3v) is 5.94. The molecule has 2 N–H and O–H groups in total. The van der Waals surface area contributed by atoms with E-state index in [2.05, 4.69) is 35.9 Å². The number of ether oxygens (including phenoxy) is 1. The Hall–Kier alpha value is -3.54. The summed E-state index contributed by atoms with van der Waals surface area (Å²) in [5, 5.41) is 6.47. The Kier molecular flexibility index (Phi) is 6.07. The standard InChI is InChI=1S/C25H27N3O3/c1-3-13-26-24(29)18-10-11-21-20(16-18)23-19(12-14-28(23)25(30)31-15-4-2)22(27-21)17-8-6-5-7-9-17/h3-11,16,19,22-23,27H,1-2,12-15H2,(H,26,29)/t19-,22?,23-/m0/s1. The van der Waals surface area contributed by atoms with E-state index in [0.29, 0.717) is 18.7 Å². The van der Waals surface area contributed by atoms with Crippen molar-refractivity contribution in [3.63, 3.8) is 0 Å². The van der Waals surface area contributed by atoms with Crippen molar-refractivity contribution in [2.45, 2.75) is 18.5 Å². The number of nitrogens with one attached hydrogen (secondary N) is 2. The zero-order chi connectivity index (χ0) is 21.8. The molecule has 6 heteroatoms. The van der Waals surface area contributed by atoms with Crippen LogP contribution in [-0.4, -0.2) is 36.6 Å². The average Bonchev–Trinajstić information content (AvgIpc) is 3.26. The molecule has 1 fully saturated rings. The van der Waals surface area contributed by atoms with Crippen molar-refractivity contribution in [1.29, 1.82) is 0 Å². The van der Waals surface area contributed by atoms with Gasteiger partial charge < -0.3 is 20.3 Å². The van der Waals surface area contributed by atoms with Gasteiger partial charge in [-0.3, -0.25) is 4.79 Å². The van der Waals surface area contributed by atoms with Crippen molar-refractivity contribution in [2.24, 2.45) is 5.92 Å².